The van der Waals surface area contributed by atoms with Gasteiger partial charge >= 0.3 is 0 Å². The van der Waals surface area contributed by atoms with Crippen LogP contribution in [0.15, 0.2) is 24.5 Å². The van der Waals surface area contributed by atoms with Crippen molar-refractivity contribution in [3.8, 4) is 12.3 Å². The maximum atomic E-state index is 5.39. The van der Waals surface area contributed by atoms with Crippen molar-refractivity contribution < 1.29 is 0 Å². The molecule has 1 aliphatic heterocycles. The second kappa shape index (κ2) is 3.77. The fourth-order valence-electron chi connectivity index (χ4n) is 2.68. The number of nitrogens with one attached hydrogen (secondary N) is 1. The van der Waals surface area contributed by atoms with E-state index in [1.54, 1.807) is 6.20 Å². The fraction of sp³-hybridized carbons (Fsp3) is 0.357. The molecular formula is C14H14N2. The van der Waals surface area contributed by atoms with E-state index in [1.165, 1.54) is 17.6 Å². The molecule has 1 N–H and O–H groups in total. The minimum Gasteiger partial charge on any atom is -0.310 e. The number of rotatable bonds is 1. The maximum Gasteiger partial charge on any atom is 0.0432 e. The lowest BCUT2D eigenvalue weighted by Crippen LogP contribution is -2.20. The molecule has 3 rings (SSSR count). The lowest BCUT2D eigenvalue weighted by Gasteiger charge is -2.06. The topological polar surface area (TPSA) is 24.9 Å². The summed E-state index contributed by atoms with van der Waals surface area (Å²) in [6.45, 7) is 1.15. The van der Waals surface area contributed by atoms with E-state index in [4.69, 9.17) is 6.42 Å². The largest absolute Gasteiger partial charge is 0.310 e. The first-order valence-corrected chi connectivity index (χ1v) is 5.73. The summed E-state index contributed by atoms with van der Waals surface area (Å²) in [5, 5.41) is 3.51. The molecule has 0 spiro atoms. The smallest absolute Gasteiger partial charge is 0.0432 e. The molecule has 2 unspecified atom stereocenters. The molecule has 0 aromatic carbocycles. The Kier molecular flexibility index (Phi) is 2.27. The van der Waals surface area contributed by atoms with E-state index in [0.717, 1.165) is 24.4 Å². The van der Waals surface area contributed by atoms with Crippen molar-refractivity contribution in [2.45, 2.75) is 18.9 Å². The van der Waals surface area contributed by atoms with Crippen LogP contribution < -0.4 is 5.32 Å². The van der Waals surface area contributed by atoms with Crippen LogP contribution in [0.5, 0.6) is 0 Å². The van der Waals surface area contributed by atoms with E-state index in [-0.39, 0.29) is 0 Å². The summed E-state index contributed by atoms with van der Waals surface area (Å²) < 4.78 is 0. The molecule has 0 saturated carbocycles. The summed E-state index contributed by atoms with van der Waals surface area (Å²) in [5.41, 5.74) is 3.45. The van der Waals surface area contributed by atoms with E-state index >= 15 is 0 Å². The Hall–Kier alpha value is -1.59. The average Bonchev–Trinajstić information content (AvgIpc) is 2.89. The van der Waals surface area contributed by atoms with Crippen molar-refractivity contribution in [3.05, 3.63) is 35.7 Å². The van der Waals surface area contributed by atoms with E-state index < -0.39 is 0 Å². The fourth-order valence-corrected chi connectivity index (χ4v) is 2.68. The second-order valence-electron chi connectivity index (χ2n) is 4.53. The number of allylic oxidation sites excluding steroid dienone is 1. The number of hydrogen-bond acceptors (Lipinski definition) is 2. The van der Waals surface area contributed by atoms with Crippen LogP contribution in [0, 0.1) is 18.3 Å². The van der Waals surface area contributed by atoms with Gasteiger partial charge in [-0.3, -0.25) is 4.98 Å². The van der Waals surface area contributed by atoms with Crippen molar-refractivity contribution in [2.75, 3.05) is 6.54 Å². The predicted molar refractivity (Wildman–Crippen MR) is 64.7 cm³/mol. The standard InChI is InChI=1S/C14H14N2/c1-2-10-5-13(9-15-8-10)12-6-11-3-4-16-14(11)7-12/h1,5,7-9,11,14,16H,3-4,6H2. The van der Waals surface area contributed by atoms with Gasteiger partial charge in [-0.1, -0.05) is 12.0 Å². The zero-order chi connectivity index (χ0) is 11.0. The van der Waals surface area contributed by atoms with Gasteiger partial charge < -0.3 is 5.32 Å². The molecule has 16 heavy (non-hydrogen) atoms. The number of nitrogens with zero attached hydrogens (tertiary/aromatic N) is 1. The van der Waals surface area contributed by atoms with Crippen LogP contribution in [0.25, 0.3) is 5.57 Å². The van der Waals surface area contributed by atoms with Crippen molar-refractivity contribution in [2.24, 2.45) is 5.92 Å². The van der Waals surface area contributed by atoms with Crippen molar-refractivity contribution in [3.63, 3.8) is 0 Å². The maximum absolute atomic E-state index is 5.39. The molecule has 2 atom stereocenters. The molecule has 2 heteroatoms. The van der Waals surface area contributed by atoms with E-state index in [1.807, 2.05) is 6.20 Å². The Balaban J connectivity index is 1.91. The van der Waals surface area contributed by atoms with E-state index in [0.29, 0.717) is 6.04 Å². The van der Waals surface area contributed by atoms with Crippen LogP contribution in [-0.4, -0.2) is 17.6 Å². The summed E-state index contributed by atoms with van der Waals surface area (Å²) in [5.74, 6) is 3.42. The summed E-state index contributed by atoms with van der Waals surface area (Å²) in [7, 11) is 0. The Labute approximate surface area is 95.8 Å². The van der Waals surface area contributed by atoms with Crippen molar-refractivity contribution in [1.29, 1.82) is 0 Å². The van der Waals surface area contributed by atoms with Gasteiger partial charge in [-0.25, -0.2) is 0 Å². The van der Waals surface area contributed by atoms with Crippen LogP contribution >= 0.6 is 0 Å². The Morgan fingerprint density at radius 3 is 3.19 bits per heavy atom. The van der Waals surface area contributed by atoms with Gasteiger partial charge in [0, 0.05) is 24.0 Å². The lowest BCUT2D eigenvalue weighted by atomic mass is 9.99. The monoisotopic (exact) mass is 210 g/mol. The summed E-state index contributed by atoms with van der Waals surface area (Å²) >= 11 is 0. The Morgan fingerprint density at radius 2 is 2.38 bits per heavy atom. The molecule has 0 radical (unpaired) electrons. The van der Waals surface area contributed by atoms with Crippen LogP contribution in [0.4, 0.5) is 0 Å². The Bertz CT molecular complexity index is 482. The normalized spacial score (nSPS) is 27.3. The first-order chi connectivity index (χ1) is 7.86. The summed E-state index contributed by atoms with van der Waals surface area (Å²) in [4.78, 5) is 4.19. The average molecular weight is 210 g/mol. The third-order valence-corrected chi connectivity index (χ3v) is 3.54. The highest BCUT2D eigenvalue weighted by atomic mass is 15.0. The van der Waals surface area contributed by atoms with Gasteiger partial charge in [0.25, 0.3) is 0 Å². The number of terminal acetylenes is 1. The zero-order valence-electron chi connectivity index (χ0n) is 9.11. The highest BCUT2D eigenvalue weighted by Gasteiger charge is 2.31. The van der Waals surface area contributed by atoms with Gasteiger partial charge in [-0.15, -0.1) is 6.42 Å². The highest BCUT2D eigenvalue weighted by Crippen LogP contribution is 2.36. The first-order valence-electron chi connectivity index (χ1n) is 5.73. The van der Waals surface area contributed by atoms with E-state index in [9.17, 15) is 0 Å². The van der Waals surface area contributed by atoms with E-state index in [2.05, 4.69) is 28.4 Å². The molecule has 0 amide bonds. The second-order valence-corrected chi connectivity index (χ2v) is 4.53. The van der Waals surface area contributed by atoms with Gasteiger partial charge in [-0.05, 0) is 42.5 Å². The third-order valence-electron chi connectivity index (χ3n) is 3.54. The predicted octanol–water partition coefficient (Wildman–Crippen LogP) is 1.83. The van der Waals surface area contributed by atoms with Crippen molar-refractivity contribution in [1.82, 2.24) is 10.3 Å². The van der Waals surface area contributed by atoms with Gasteiger partial charge in [-0.2, -0.15) is 0 Å². The minimum atomic E-state index is 0.574. The molecular weight excluding hydrogens is 196 g/mol. The van der Waals surface area contributed by atoms with Gasteiger partial charge in [0.2, 0.25) is 0 Å². The SMILES string of the molecule is C#Cc1cncc(C2=CC3NCCC3C2)c1. The molecule has 1 aliphatic carbocycles. The molecule has 2 heterocycles. The van der Waals surface area contributed by atoms with Crippen LogP contribution in [0.3, 0.4) is 0 Å². The quantitative estimate of drug-likeness (QED) is 0.715. The molecule has 2 nitrogen and oxygen atoms in total. The van der Waals surface area contributed by atoms with Crippen LogP contribution in [-0.2, 0) is 0 Å². The van der Waals surface area contributed by atoms with Gasteiger partial charge in [0.05, 0.1) is 0 Å². The molecule has 2 aliphatic rings. The number of hydrogen-bond donors (Lipinski definition) is 1. The van der Waals surface area contributed by atoms with Gasteiger partial charge in [0.1, 0.15) is 0 Å². The molecule has 0 bridgehead atoms. The Morgan fingerprint density at radius 1 is 1.44 bits per heavy atom. The molecule has 1 saturated heterocycles. The number of fused-ring (bicyclic) bond motifs is 1. The number of aromatic nitrogens is 1. The van der Waals surface area contributed by atoms with Crippen LogP contribution in [0.2, 0.25) is 0 Å². The number of pyridine rings is 1. The summed E-state index contributed by atoms with van der Waals surface area (Å²) in [6.07, 6.45) is 13.8. The van der Waals surface area contributed by atoms with Crippen molar-refractivity contribution >= 4 is 5.57 Å². The first kappa shape index (κ1) is 9.62. The van der Waals surface area contributed by atoms with Crippen LogP contribution in [0.1, 0.15) is 24.0 Å². The molecule has 1 aromatic heterocycles. The third kappa shape index (κ3) is 1.54. The molecule has 80 valence electrons. The molecule has 1 aromatic rings. The molecule has 1 fully saturated rings. The summed E-state index contributed by atoms with van der Waals surface area (Å²) in [6, 6.07) is 2.63. The minimum absolute atomic E-state index is 0.574. The highest BCUT2D eigenvalue weighted by molar-refractivity contribution is 5.69. The van der Waals surface area contributed by atoms with Gasteiger partial charge in [0.15, 0.2) is 0 Å². The lowest BCUT2D eigenvalue weighted by molar-refractivity contribution is 0.553. The zero-order valence-corrected chi connectivity index (χ0v) is 9.11.